The second kappa shape index (κ2) is 10.1. The molecule has 154 valence electrons. The van der Waals surface area contributed by atoms with Crippen molar-refractivity contribution in [2.45, 2.75) is 19.6 Å². The van der Waals surface area contributed by atoms with Crippen LogP contribution in [0.25, 0.3) is 0 Å². The van der Waals surface area contributed by atoms with Crippen LogP contribution in [0.2, 0.25) is 0 Å². The molecule has 0 N–H and O–H groups in total. The average Bonchev–Trinajstić information content (AvgIpc) is 3.15. The predicted octanol–water partition coefficient (Wildman–Crippen LogP) is 3.29. The van der Waals surface area contributed by atoms with Gasteiger partial charge in [0, 0.05) is 13.1 Å². The molecule has 2 aromatic rings. The lowest BCUT2D eigenvalue weighted by molar-refractivity contribution is -0.160. The lowest BCUT2D eigenvalue weighted by Crippen LogP contribution is -2.31. The SMILES string of the molecule is O=C(OCc1ccccc1)[C@@H]1CN(CC(F)F)C[C@H]1C(=O)OCc1ccccc1. The van der Waals surface area contributed by atoms with Gasteiger partial charge in [0.2, 0.25) is 0 Å². The van der Waals surface area contributed by atoms with E-state index in [1.165, 1.54) is 4.90 Å². The zero-order chi connectivity index (χ0) is 20.6. The lowest BCUT2D eigenvalue weighted by atomic mass is 9.96. The molecule has 2 atom stereocenters. The Hall–Kier alpha value is -2.80. The number of likely N-dealkylation sites (tertiary alicyclic amines) is 1. The summed E-state index contributed by atoms with van der Waals surface area (Å²) in [5.74, 6) is -2.82. The molecule has 29 heavy (non-hydrogen) atoms. The summed E-state index contributed by atoms with van der Waals surface area (Å²) in [4.78, 5) is 26.6. The Bertz CT molecular complexity index is 737. The third kappa shape index (κ3) is 6.09. The van der Waals surface area contributed by atoms with Crippen LogP contribution >= 0.6 is 0 Å². The summed E-state index contributed by atoms with van der Waals surface area (Å²) < 4.78 is 36.3. The predicted molar refractivity (Wildman–Crippen MR) is 102 cm³/mol. The molecule has 1 aliphatic heterocycles. The molecular weight excluding hydrogens is 380 g/mol. The topological polar surface area (TPSA) is 55.8 Å². The van der Waals surface area contributed by atoms with E-state index in [2.05, 4.69) is 0 Å². The molecule has 1 aliphatic rings. The van der Waals surface area contributed by atoms with Crippen LogP contribution in [-0.2, 0) is 32.3 Å². The highest BCUT2D eigenvalue weighted by Gasteiger charge is 2.44. The Morgan fingerprint density at radius 3 is 1.62 bits per heavy atom. The number of esters is 2. The van der Waals surface area contributed by atoms with Crippen molar-refractivity contribution in [2.75, 3.05) is 19.6 Å². The number of ether oxygens (including phenoxy) is 2. The van der Waals surface area contributed by atoms with Gasteiger partial charge in [0.1, 0.15) is 13.2 Å². The number of halogens is 2. The Balaban J connectivity index is 1.62. The summed E-state index contributed by atoms with van der Waals surface area (Å²) in [7, 11) is 0. The van der Waals surface area contributed by atoms with Crippen molar-refractivity contribution in [3.63, 3.8) is 0 Å². The van der Waals surface area contributed by atoms with Crippen molar-refractivity contribution < 1.29 is 27.8 Å². The van der Waals surface area contributed by atoms with E-state index in [1.54, 1.807) is 0 Å². The fraction of sp³-hybridized carbons (Fsp3) is 0.364. The van der Waals surface area contributed by atoms with Gasteiger partial charge in [0.25, 0.3) is 6.43 Å². The highest BCUT2D eigenvalue weighted by atomic mass is 19.3. The Labute approximate surface area is 168 Å². The minimum absolute atomic E-state index is 0.0447. The summed E-state index contributed by atoms with van der Waals surface area (Å²) in [6.45, 7) is -0.273. The molecular formula is C22H23F2NO4. The Morgan fingerprint density at radius 1 is 0.828 bits per heavy atom. The van der Waals surface area contributed by atoms with Gasteiger partial charge in [-0.05, 0) is 11.1 Å². The summed E-state index contributed by atoms with van der Waals surface area (Å²) in [5.41, 5.74) is 1.62. The number of hydrogen-bond acceptors (Lipinski definition) is 5. The molecule has 1 fully saturated rings. The summed E-state index contributed by atoms with van der Waals surface area (Å²) in [5, 5.41) is 0. The molecule has 0 spiro atoms. The Morgan fingerprint density at radius 2 is 1.24 bits per heavy atom. The molecule has 1 saturated heterocycles. The van der Waals surface area contributed by atoms with E-state index in [0.717, 1.165) is 11.1 Å². The van der Waals surface area contributed by atoms with E-state index in [4.69, 9.17) is 9.47 Å². The minimum Gasteiger partial charge on any atom is -0.461 e. The number of hydrogen-bond donors (Lipinski definition) is 0. The zero-order valence-electron chi connectivity index (χ0n) is 15.9. The van der Waals surface area contributed by atoms with Crippen LogP contribution in [0.3, 0.4) is 0 Å². The number of rotatable bonds is 8. The highest BCUT2D eigenvalue weighted by molar-refractivity contribution is 5.83. The minimum atomic E-state index is -2.55. The second-order valence-electron chi connectivity index (χ2n) is 7.01. The van der Waals surface area contributed by atoms with Crippen molar-refractivity contribution >= 4 is 11.9 Å². The molecule has 0 aliphatic carbocycles. The summed E-state index contributed by atoms with van der Waals surface area (Å²) in [6.07, 6.45) is -2.55. The summed E-state index contributed by atoms with van der Waals surface area (Å²) >= 11 is 0. The van der Waals surface area contributed by atoms with Gasteiger partial charge < -0.3 is 9.47 Å². The van der Waals surface area contributed by atoms with Crippen molar-refractivity contribution in [1.82, 2.24) is 4.90 Å². The van der Waals surface area contributed by atoms with Gasteiger partial charge in [-0.1, -0.05) is 60.7 Å². The molecule has 0 saturated carbocycles. The van der Waals surface area contributed by atoms with Crippen LogP contribution in [0.4, 0.5) is 8.78 Å². The average molecular weight is 403 g/mol. The highest BCUT2D eigenvalue weighted by Crippen LogP contribution is 2.27. The fourth-order valence-corrected chi connectivity index (χ4v) is 3.38. The van der Waals surface area contributed by atoms with Crippen LogP contribution in [0.15, 0.2) is 60.7 Å². The van der Waals surface area contributed by atoms with Crippen molar-refractivity contribution in [3.05, 3.63) is 71.8 Å². The van der Waals surface area contributed by atoms with Crippen LogP contribution in [0, 0.1) is 11.8 Å². The van der Waals surface area contributed by atoms with E-state index in [1.807, 2.05) is 60.7 Å². The maximum atomic E-state index is 12.8. The first kappa shape index (κ1) is 20.9. The maximum absolute atomic E-state index is 12.8. The third-order valence-corrected chi connectivity index (χ3v) is 4.85. The van der Waals surface area contributed by atoms with Gasteiger partial charge in [-0.3, -0.25) is 14.5 Å². The van der Waals surface area contributed by atoms with E-state index >= 15 is 0 Å². The zero-order valence-corrected chi connectivity index (χ0v) is 15.9. The van der Waals surface area contributed by atoms with Crippen LogP contribution in [0.1, 0.15) is 11.1 Å². The van der Waals surface area contributed by atoms with E-state index in [-0.39, 0.29) is 26.3 Å². The van der Waals surface area contributed by atoms with Crippen molar-refractivity contribution in [3.8, 4) is 0 Å². The van der Waals surface area contributed by atoms with Gasteiger partial charge in [-0.25, -0.2) is 8.78 Å². The van der Waals surface area contributed by atoms with Gasteiger partial charge in [-0.2, -0.15) is 0 Å². The molecule has 0 unspecified atom stereocenters. The first-order valence-electron chi connectivity index (χ1n) is 9.44. The van der Waals surface area contributed by atoms with E-state index < -0.39 is 36.7 Å². The molecule has 1 heterocycles. The molecule has 0 radical (unpaired) electrons. The molecule has 7 heteroatoms. The van der Waals surface area contributed by atoms with Gasteiger partial charge in [-0.15, -0.1) is 0 Å². The summed E-state index contributed by atoms with van der Waals surface area (Å²) in [6, 6.07) is 18.3. The smallest absolute Gasteiger partial charge is 0.311 e. The lowest BCUT2D eigenvalue weighted by Gasteiger charge is -2.16. The number of nitrogens with zero attached hydrogens (tertiary/aromatic N) is 1. The van der Waals surface area contributed by atoms with E-state index in [0.29, 0.717) is 0 Å². The molecule has 5 nitrogen and oxygen atoms in total. The monoisotopic (exact) mass is 403 g/mol. The first-order valence-corrected chi connectivity index (χ1v) is 9.44. The maximum Gasteiger partial charge on any atom is 0.311 e. The number of carbonyl (C=O) groups excluding carboxylic acids is 2. The first-order chi connectivity index (χ1) is 14.0. The number of alkyl halides is 2. The third-order valence-electron chi connectivity index (χ3n) is 4.85. The van der Waals surface area contributed by atoms with Gasteiger partial charge in [0.05, 0.1) is 18.4 Å². The van der Waals surface area contributed by atoms with Crippen molar-refractivity contribution in [2.24, 2.45) is 11.8 Å². The van der Waals surface area contributed by atoms with E-state index in [9.17, 15) is 18.4 Å². The standard InChI is InChI=1S/C22H23F2NO4/c23-20(24)13-25-11-18(21(26)28-14-16-7-3-1-4-8-16)19(12-25)22(27)29-15-17-9-5-2-6-10-17/h1-10,18-20H,11-15H2/t18-,19-/m1/s1. The number of carbonyl (C=O) groups is 2. The molecule has 0 bridgehead atoms. The second-order valence-corrected chi connectivity index (χ2v) is 7.01. The van der Waals surface area contributed by atoms with Crippen LogP contribution in [0.5, 0.6) is 0 Å². The molecule has 0 amide bonds. The van der Waals surface area contributed by atoms with Crippen LogP contribution < -0.4 is 0 Å². The molecule has 2 aromatic carbocycles. The quantitative estimate of drug-likeness (QED) is 0.633. The molecule has 3 rings (SSSR count). The van der Waals surface area contributed by atoms with Gasteiger partial charge >= 0.3 is 11.9 Å². The Kier molecular flexibility index (Phi) is 7.30. The fourth-order valence-electron chi connectivity index (χ4n) is 3.38. The van der Waals surface area contributed by atoms with Crippen molar-refractivity contribution in [1.29, 1.82) is 0 Å². The number of benzene rings is 2. The molecule has 0 aromatic heterocycles. The van der Waals surface area contributed by atoms with Crippen LogP contribution in [-0.4, -0.2) is 42.9 Å². The largest absolute Gasteiger partial charge is 0.461 e. The normalized spacial score (nSPS) is 19.3. The van der Waals surface area contributed by atoms with Gasteiger partial charge in [0.15, 0.2) is 0 Å².